The minimum Gasteiger partial charge on any atom is -0.329 e. The Kier molecular flexibility index (Phi) is 6.49. The molecule has 0 aromatic carbocycles. The molecule has 2 N–H and O–H groups in total. The topological polar surface area (TPSA) is 29.3 Å². The molecule has 12 heavy (non-hydrogen) atoms. The molecule has 0 atom stereocenters. The summed E-state index contributed by atoms with van der Waals surface area (Å²) in [4.78, 5) is 2.45. The van der Waals surface area contributed by atoms with Gasteiger partial charge in [0.15, 0.2) is 0 Å². The van der Waals surface area contributed by atoms with Crippen molar-refractivity contribution in [1.29, 1.82) is 0 Å². The van der Waals surface area contributed by atoms with Crippen molar-refractivity contribution < 1.29 is 0 Å². The van der Waals surface area contributed by atoms with E-state index < -0.39 is 0 Å². The maximum atomic E-state index is 5.55. The van der Waals surface area contributed by atoms with Crippen molar-refractivity contribution in [2.45, 2.75) is 32.7 Å². The SMILES string of the molecule is CC(C)(C)N(CCN)CCCI. The third kappa shape index (κ3) is 5.32. The van der Waals surface area contributed by atoms with E-state index in [-0.39, 0.29) is 5.54 Å². The van der Waals surface area contributed by atoms with Crippen LogP contribution in [0.1, 0.15) is 27.2 Å². The number of nitrogens with two attached hydrogens (primary N) is 1. The Balaban J connectivity index is 3.86. The fraction of sp³-hybridized carbons (Fsp3) is 1.00. The summed E-state index contributed by atoms with van der Waals surface area (Å²) in [5, 5.41) is 0. The third-order valence-corrected chi connectivity index (χ3v) is 2.67. The first kappa shape index (κ1) is 12.7. The fourth-order valence-electron chi connectivity index (χ4n) is 1.19. The molecule has 2 nitrogen and oxygen atoms in total. The molecule has 74 valence electrons. The van der Waals surface area contributed by atoms with Gasteiger partial charge in [-0.15, -0.1) is 0 Å². The van der Waals surface area contributed by atoms with Crippen LogP contribution in [-0.4, -0.2) is 34.5 Å². The van der Waals surface area contributed by atoms with Crippen molar-refractivity contribution in [3.8, 4) is 0 Å². The Morgan fingerprint density at radius 1 is 1.25 bits per heavy atom. The molecule has 0 spiro atoms. The van der Waals surface area contributed by atoms with Gasteiger partial charge < -0.3 is 5.73 Å². The van der Waals surface area contributed by atoms with E-state index in [0.717, 1.165) is 13.1 Å². The van der Waals surface area contributed by atoms with Gasteiger partial charge >= 0.3 is 0 Å². The van der Waals surface area contributed by atoms with Gasteiger partial charge in [-0.2, -0.15) is 0 Å². The van der Waals surface area contributed by atoms with Gasteiger partial charge in [-0.3, -0.25) is 4.90 Å². The quantitative estimate of drug-likeness (QED) is 0.617. The van der Waals surface area contributed by atoms with E-state index in [4.69, 9.17) is 5.73 Å². The molecule has 0 unspecified atom stereocenters. The lowest BCUT2D eigenvalue weighted by atomic mass is 10.1. The van der Waals surface area contributed by atoms with Crippen molar-refractivity contribution in [1.82, 2.24) is 4.90 Å². The molecule has 0 aromatic heterocycles. The normalized spacial score (nSPS) is 12.5. The average Bonchev–Trinajstić information content (AvgIpc) is 1.95. The summed E-state index contributed by atoms with van der Waals surface area (Å²) >= 11 is 2.42. The summed E-state index contributed by atoms with van der Waals surface area (Å²) in [5.74, 6) is 0. The van der Waals surface area contributed by atoms with Crippen LogP contribution in [0.3, 0.4) is 0 Å². The van der Waals surface area contributed by atoms with Crippen LogP contribution in [0, 0.1) is 0 Å². The van der Waals surface area contributed by atoms with Crippen molar-refractivity contribution in [2.75, 3.05) is 24.1 Å². The lowest BCUT2D eigenvalue weighted by Crippen LogP contribution is -2.44. The Morgan fingerprint density at radius 3 is 2.17 bits per heavy atom. The molecule has 0 bridgehead atoms. The highest BCUT2D eigenvalue weighted by molar-refractivity contribution is 14.1. The monoisotopic (exact) mass is 284 g/mol. The van der Waals surface area contributed by atoms with Gasteiger partial charge in [-0.25, -0.2) is 0 Å². The smallest absolute Gasteiger partial charge is 0.0125 e. The van der Waals surface area contributed by atoms with Crippen LogP contribution in [-0.2, 0) is 0 Å². The van der Waals surface area contributed by atoms with E-state index in [1.807, 2.05) is 0 Å². The van der Waals surface area contributed by atoms with Gasteiger partial charge in [0.2, 0.25) is 0 Å². The van der Waals surface area contributed by atoms with E-state index in [1.54, 1.807) is 0 Å². The molecule has 0 rings (SSSR count). The van der Waals surface area contributed by atoms with Gasteiger partial charge in [0.05, 0.1) is 0 Å². The van der Waals surface area contributed by atoms with Crippen LogP contribution in [0.2, 0.25) is 0 Å². The largest absolute Gasteiger partial charge is 0.329 e. The minimum absolute atomic E-state index is 0.269. The molecular weight excluding hydrogens is 263 g/mol. The molecule has 3 heteroatoms. The van der Waals surface area contributed by atoms with Crippen LogP contribution in [0.25, 0.3) is 0 Å². The molecule has 0 saturated heterocycles. The Morgan fingerprint density at radius 2 is 1.83 bits per heavy atom. The second kappa shape index (κ2) is 6.16. The Hall–Kier alpha value is 0.650. The van der Waals surface area contributed by atoms with Crippen LogP contribution in [0.4, 0.5) is 0 Å². The van der Waals surface area contributed by atoms with Gasteiger partial charge in [-0.05, 0) is 33.7 Å². The first-order valence-electron chi connectivity index (χ1n) is 4.53. The molecule has 0 aliphatic rings. The van der Waals surface area contributed by atoms with Gasteiger partial charge in [0, 0.05) is 23.1 Å². The average molecular weight is 284 g/mol. The van der Waals surface area contributed by atoms with Crippen LogP contribution >= 0.6 is 22.6 Å². The van der Waals surface area contributed by atoms with E-state index in [9.17, 15) is 0 Å². The summed E-state index contributed by atoms with van der Waals surface area (Å²) in [5.41, 5.74) is 5.82. The van der Waals surface area contributed by atoms with E-state index in [2.05, 4.69) is 48.3 Å². The first-order valence-corrected chi connectivity index (χ1v) is 6.06. The highest BCUT2D eigenvalue weighted by Crippen LogP contribution is 2.12. The summed E-state index contributed by atoms with van der Waals surface area (Å²) in [6, 6.07) is 0. The van der Waals surface area contributed by atoms with E-state index in [0.29, 0.717) is 0 Å². The van der Waals surface area contributed by atoms with Gasteiger partial charge in [-0.1, -0.05) is 22.6 Å². The lowest BCUT2D eigenvalue weighted by Gasteiger charge is -2.35. The number of rotatable bonds is 5. The number of hydrogen-bond acceptors (Lipinski definition) is 2. The molecule has 0 heterocycles. The Bertz CT molecular complexity index is 110. The molecular formula is C9H21IN2. The second-order valence-corrected chi connectivity index (χ2v) is 5.07. The van der Waals surface area contributed by atoms with Crippen molar-refractivity contribution >= 4 is 22.6 Å². The zero-order valence-electron chi connectivity index (χ0n) is 8.44. The van der Waals surface area contributed by atoms with E-state index >= 15 is 0 Å². The van der Waals surface area contributed by atoms with Crippen LogP contribution in [0.15, 0.2) is 0 Å². The molecule has 0 aromatic rings. The number of halogens is 1. The summed E-state index contributed by atoms with van der Waals surface area (Å²) < 4.78 is 1.23. The molecule has 0 fully saturated rings. The zero-order valence-corrected chi connectivity index (χ0v) is 10.6. The lowest BCUT2D eigenvalue weighted by molar-refractivity contribution is 0.142. The predicted octanol–water partition coefficient (Wildman–Crippen LogP) is 1.87. The van der Waals surface area contributed by atoms with Gasteiger partial charge in [0.25, 0.3) is 0 Å². The zero-order chi connectivity index (χ0) is 9.61. The number of alkyl halides is 1. The van der Waals surface area contributed by atoms with Crippen LogP contribution in [0.5, 0.6) is 0 Å². The maximum Gasteiger partial charge on any atom is 0.0125 e. The molecule has 0 amide bonds. The summed E-state index contributed by atoms with van der Waals surface area (Å²) in [6.45, 7) is 9.68. The van der Waals surface area contributed by atoms with Crippen molar-refractivity contribution in [3.63, 3.8) is 0 Å². The highest BCUT2D eigenvalue weighted by atomic mass is 127. The van der Waals surface area contributed by atoms with Crippen LogP contribution < -0.4 is 5.73 Å². The summed E-state index contributed by atoms with van der Waals surface area (Å²) in [6.07, 6.45) is 1.26. The minimum atomic E-state index is 0.269. The molecule has 0 radical (unpaired) electrons. The fourth-order valence-corrected chi connectivity index (χ4v) is 1.53. The maximum absolute atomic E-state index is 5.55. The standard InChI is InChI=1S/C9H21IN2/c1-9(2,3)12(8-6-11)7-4-5-10/h4-8,11H2,1-3H3. The first-order chi connectivity index (χ1) is 5.52. The summed E-state index contributed by atoms with van der Waals surface area (Å²) in [7, 11) is 0. The highest BCUT2D eigenvalue weighted by Gasteiger charge is 2.19. The van der Waals surface area contributed by atoms with Gasteiger partial charge in [0.1, 0.15) is 0 Å². The number of nitrogens with zero attached hydrogens (tertiary/aromatic N) is 1. The van der Waals surface area contributed by atoms with Crippen molar-refractivity contribution in [2.24, 2.45) is 5.73 Å². The number of hydrogen-bond donors (Lipinski definition) is 1. The predicted molar refractivity (Wildman–Crippen MR) is 63.9 cm³/mol. The second-order valence-electron chi connectivity index (χ2n) is 3.99. The molecule has 0 saturated carbocycles. The molecule has 0 aliphatic carbocycles. The van der Waals surface area contributed by atoms with E-state index in [1.165, 1.54) is 17.4 Å². The third-order valence-electron chi connectivity index (χ3n) is 1.91. The van der Waals surface area contributed by atoms with Crippen molar-refractivity contribution in [3.05, 3.63) is 0 Å². The molecule has 0 aliphatic heterocycles. The Labute approximate surface area is 90.0 Å².